The second-order valence-corrected chi connectivity index (χ2v) is 4.83. The van der Waals surface area contributed by atoms with Crippen LogP contribution in [0.4, 0.5) is 0 Å². The Morgan fingerprint density at radius 3 is 2.67 bits per heavy atom. The Hall–Kier alpha value is -0.640. The van der Waals surface area contributed by atoms with E-state index in [1.165, 1.54) is 25.7 Å². The Morgan fingerprint density at radius 1 is 1.53 bits per heavy atom. The van der Waals surface area contributed by atoms with Crippen molar-refractivity contribution < 1.29 is 4.79 Å². The molecule has 1 aliphatic carbocycles. The van der Waals surface area contributed by atoms with Gasteiger partial charge in [0.1, 0.15) is 0 Å². The third-order valence-corrected chi connectivity index (χ3v) is 3.50. The predicted molar refractivity (Wildman–Crippen MR) is 65.5 cm³/mol. The summed E-state index contributed by atoms with van der Waals surface area (Å²) in [6.07, 6.45) is 6.43. The average molecular weight is 228 g/mol. The maximum absolute atomic E-state index is 11.5. The summed E-state index contributed by atoms with van der Waals surface area (Å²) in [4.78, 5) is 11.8. The molecule has 0 radical (unpaired) electrons. The Balaban J connectivity index is 2.13. The molecule has 1 atom stereocenters. The minimum Gasteiger partial charge on any atom is -0.393 e. The summed E-state index contributed by atoms with van der Waals surface area (Å²) in [6, 6.07) is 0. The zero-order valence-corrected chi connectivity index (χ0v) is 10.1. The average Bonchev–Trinajstić information content (AvgIpc) is 2.69. The van der Waals surface area contributed by atoms with Gasteiger partial charge in [-0.05, 0) is 19.3 Å². The van der Waals surface area contributed by atoms with Crippen LogP contribution in [0.15, 0.2) is 0 Å². The first-order valence-electron chi connectivity index (χ1n) is 5.68. The van der Waals surface area contributed by atoms with Crippen LogP contribution in [0.3, 0.4) is 0 Å². The molecule has 86 valence electrons. The monoisotopic (exact) mass is 228 g/mol. The maximum atomic E-state index is 11.5. The quantitative estimate of drug-likeness (QED) is 0.703. The smallest absolute Gasteiger partial charge is 0.229 e. The van der Waals surface area contributed by atoms with Crippen molar-refractivity contribution >= 4 is 23.1 Å². The highest BCUT2D eigenvalue weighted by molar-refractivity contribution is 7.80. The van der Waals surface area contributed by atoms with Crippen molar-refractivity contribution in [3.8, 4) is 0 Å². The summed E-state index contributed by atoms with van der Waals surface area (Å²) in [5.41, 5.74) is 5.40. The first kappa shape index (κ1) is 12.4. The van der Waals surface area contributed by atoms with Gasteiger partial charge in [0, 0.05) is 6.54 Å². The van der Waals surface area contributed by atoms with Gasteiger partial charge in [-0.3, -0.25) is 4.79 Å². The molecule has 0 bridgehead atoms. The summed E-state index contributed by atoms with van der Waals surface area (Å²) >= 11 is 4.77. The van der Waals surface area contributed by atoms with Crippen molar-refractivity contribution in [2.75, 3.05) is 6.54 Å². The van der Waals surface area contributed by atoms with Crippen LogP contribution in [0.1, 0.15) is 39.0 Å². The highest BCUT2D eigenvalue weighted by atomic mass is 32.1. The van der Waals surface area contributed by atoms with Crippen molar-refractivity contribution in [2.24, 2.45) is 17.6 Å². The third-order valence-electron chi connectivity index (χ3n) is 3.15. The van der Waals surface area contributed by atoms with E-state index in [2.05, 4.69) is 5.32 Å². The lowest BCUT2D eigenvalue weighted by Gasteiger charge is -2.12. The molecule has 0 saturated heterocycles. The van der Waals surface area contributed by atoms with Crippen LogP contribution in [-0.4, -0.2) is 17.4 Å². The first-order chi connectivity index (χ1) is 7.11. The molecule has 15 heavy (non-hydrogen) atoms. The molecule has 1 unspecified atom stereocenters. The second-order valence-electron chi connectivity index (χ2n) is 4.35. The molecule has 1 amide bonds. The van der Waals surface area contributed by atoms with Gasteiger partial charge in [0.25, 0.3) is 0 Å². The third kappa shape index (κ3) is 4.16. The maximum Gasteiger partial charge on any atom is 0.229 e. The van der Waals surface area contributed by atoms with Gasteiger partial charge in [0.2, 0.25) is 5.91 Å². The van der Waals surface area contributed by atoms with Crippen LogP contribution in [0.25, 0.3) is 0 Å². The van der Waals surface area contributed by atoms with Gasteiger partial charge >= 0.3 is 0 Å². The largest absolute Gasteiger partial charge is 0.393 e. The van der Waals surface area contributed by atoms with E-state index in [1.807, 2.05) is 0 Å². The molecular formula is C11H20N2OS. The van der Waals surface area contributed by atoms with Gasteiger partial charge < -0.3 is 11.1 Å². The van der Waals surface area contributed by atoms with Crippen molar-refractivity contribution in [1.29, 1.82) is 0 Å². The zero-order valence-electron chi connectivity index (χ0n) is 9.29. The number of carbonyl (C=O) groups is 1. The van der Waals surface area contributed by atoms with Crippen LogP contribution < -0.4 is 11.1 Å². The van der Waals surface area contributed by atoms with E-state index >= 15 is 0 Å². The van der Waals surface area contributed by atoms with Gasteiger partial charge in [0.05, 0.1) is 10.9 Å². The van der Waals surface area contributed by atoms with Crippen LogP contribution in [-0.2, 0) is 4.79 Å². The minimum atomic E-state index is -0.344. The van der Waals surface area contributed by atoms with E-state index in [9.17, 15) is 4.79 Å². The molecule has 0 aromatic rings. The molecule has 0 aromatic carbocycles. The molecule has 4 heteroatoms. The van der Waals surface area contributed by atoms with Crippen LogP contribution in [0.2, 0.25) is 0 Å². The highest BCUT2D eigenvalue weighted by Gasteiger charge is 2.17. The van der Waals surface area contributed by atoms with E-state index in [-0.39, 0.29) is 16.8 Å². The van der Waals surface area contributed by atoms with Crippen molar-refractivity contribution in [3.63, 3.8) is 0 Å². The van der Waals surface area contributed by atoms with Gasteiger partial charge in [-0.15, -0.1) is 0 Å². The molecule has 1 aliphatic rings. The van der Waals surface area contributed by atoms with Gasteiger partial charge in [-0.1, -0.05) is 37.9 Å². The number of carbonyl (C=O) groups excluding carboxylic acids is 1. The van der Waals surface area contributed by atoms with E-state index in [0.29, 0.717) is 0 Å². The predicted octanol–water partition coefficient (Wildman–Crippen LogP) is 1.61. The van der Waals surface area contributed by atoms with Crippen LogP contribution in [0.5, 0.6) is 0 Å². The normalized spacial score (nSPS) is 18.7. The van der Waals surface area contributed by atoms with Crippen molar-refractivity contribution in [1.82, 2.24) is 5.32 Å². The molecule has 1 fully saturated rings. The number of hydrogen-bond donors (Lipinski definition) is 2. The van der Waals surface area contributed by atoms with Crippen molar-refractivity contribution in [3.05, 3.63) is 0 Å². The fourth-order valence-electron chi connectivity index (χ4n) is 1.98. The molecule has 3 nitrogen and oxygen atoms in total. The Labute approximate surface area is 96.8 Å². The van der Waals surface area contributed by atoms with Crippen LogP contribution in [0, 0.1) is 11.8 Å². The standard InChI is InChI=1S/C11H20N2OS/c1-8(10(12)15)11(14)13-7-6-9-4-2-3-5-9/h8-9H,2-7H2,1H3,(H2,12,15)(H,13,14). The second kappa shape index (κ2) is 6.05. The molecule has 0 aromatic heterocycles. The Morgan fingerprint density at radius 2 is 2.13 bits per heavy atom. The Bertz CT molecular complexity index is 237. The molecule has 3 N–H and O–H groups in total. The molecule has 0 heterocycles. The molecular weight excluding hydrogens is 208 g/mol. The number of amides is 1. The summed E-state index contributed by atoms with van der Waals surface area (Å²) < 4.78 is 0. The Kier molecular flexibility index (Phi) is 5.02. The van der Waals surface area contributed by atoms with E-state index in [1.54, 1.807) is 6.92 Å². The lowest BCUT2D eigenvalue weighted by Crippen LogP contribution is -2.36. The van der Waals surface area contributed by atoms with Gasteiger partial charge in [-0.25, -0.2) is 0 Å². The van der Waals surface area contributed by atoms with Gasteiger partial charge in [0.15, 0.2) is 0 Å². The van der Waals surface area contributed by atoms with Crippen LogP contribution >= 0.6 is 12.2 Å². The number of nitrogens with two attached hydrogens (primary N) is 1. The van der Waals surface area contributed by atoms with E-state index in [0.717, 1.165) is 18.9 Å². The van der Waals surface area contributed by atoms with Crippen molar-refractivity contribution in [2.45, 2.75) is 39.0 Å². The summed E-state index contributed by atoms with van der Waals surface area (Å²) in [6.45, 7) is 2.50. The fourth-order valence-corrected chi connectivity index (χ4v) is 2.09. The number of hydrogen-bond acceptors (Lipinski definition) is 2. The fraction of sp³-hybridized carbons (Fsp3) is 0.818. The zero-order chi connectivity index (χ0) is 11.3. The SMILES string of the molecule is CC(C(=O)NCCC1CCCC1)C(N)=S. The molecule has 0 spiro atoms. The number of nitrogens with one attached hydrogen (secondary N) is 1. The van der Waals surface area contributed by atoms with Gasteiger partial charge in [-0.2, -0.15) is 0 Å². The molecule has 1 saturated carbocycles. The highest BCUT2D eigenvalue weighted by Crippen LogP contribution is 2.26. The molecule has 0 aliphatic heterocycles. The lowest BCUT2D eigenvalue weighted by atomic mass is 10.0. The molecule has 1 rings (SSSR count). The summed E-state index contributed by atoms with van der Waals surface area (Å²) in [5.74, 6) is 0.425. The lowest BCUT2D eigenvalue weighted by molar-refractivity contribution is -0.122. The number of thiocarbonyl (C=S) groups is 1. The first-order valence-corrected chi connectivity index (χ1v) is 6.09. The summed E-state index contributed by atoms with van der Waals surface area (Å²) in [7, 11) is 0. The number of rotatable bonds is 5. The summed E-state index contributed by atoms with van der Waals surface area (Å²) in [5, 5.41) is 2.88. The minimum absolute atomic E-state index is 0.0412. The topological polar surface area (TPSA) is 55.1 Å². The van der Waals surface area contributed by atoms with E-state index < -0.39 is 0 Å². The van der Waals surface area contributed by atoms with E-state index in [4.69, 9.17) is 18.0 Å².